The number of piperazine rings is 1. The zero-order valence-electron chi connectivity index (χ0n) is 9.61. The molecule has 1 aliphatic heterocycles. The van der Waals surface area contributed by atoms with Crippen LogP contribution in [0.5, 0.6) is 0 Å². The van der Waals surface area contributed by atoms with Crippen LogP contribution in [0, 0.1) is 0 Å². The molecule has 88 valence electrons. The first-order valence-electron chi connectivity index (χ1n) is 5.36. The van der Waals surface area contributed by atoms with Gasteiger partial charge in [-0.25, -0.2) is 0 Å². The van der Waals surface area contributed by atoms with Gasteiger partial charge in [0, 0.05) is 39.9 Å². The number of likely N-dealkylation sites (N-methyl/N-ethyl adjacent to an activating group) is 1. The van der Waals surface area contributed by atoms with Crippen molar-refractivity contribution in [1.82, 2.24) is 9.80 Å². The third-order valence-electron chi connectivity index (χ3n) is 2.90. The average Bonchev–Trinajstić information content (AvgIpc) is 2.21. The lowest BCUT2D eigenvalue weighted by atomic mass is 10.1. The Labute approximate surface area is 91.2 Å². The number of amides is 1. The highest BCUT2D eigenvalue weighted by molar-refractivity contribution is 5.79. The molecule has 1 amide bonds. The number of primary amides is 1. The largest absolute Gasteiger partial charge is 0.385 e. The van der Waals surface area contributed by atoms with Crippen LogP contribution in [-0.2, 0) is 9.53 Å². The van der Waals surface area contributed by atoms with Gasteiger partial charge in [0.1, 0.15) is 0 Å². The Morgan fingerprint density at radius 3 is 2.47 bits per heavy atom. The van der Waals surface area contributed by atoms with Gasteiger partial charge >= 0.3 is 0 Å². The topological polar surface area (TPSA) is 58.8 Å². The lowest BCUT2D eigenvalue weighted by Crippen LogP contribution is -2.53. The zero-order chi connectivity index (χ0) is 11.3. The molecule has 1 atom stereocenters. The van der Waals surface area contributed by atoms with Gasteiger partial charge in [-0.1, -0.05) is 0 Å². The minimum atomic E-state index is -0.239. The summed E-state index contributed by atoms with van der Waals surface area (Å²) in [7, 11) is 3.73. The molecular formula is C10H21N3O2. The van der Waals surface area contributed by atoms with Crippen molar-refractivity contribution in [1.29, 1.82) is 0 Å². The summed E-state index contributed by atoms with van der Waals surface area (Å²) in [4.78, 5) is 15.7. The fourth-order valence-corrected chi connectivity index (χ4v) is 1.87. The number of hydrogen-bond acceptors (Lipinski definition) is 4. The molecule has 1 heterocycles. The quantitative estimate of drug-likeness (QED) is 0.647. The second kappa shape index (κ2) is 6.05. The van der Waals surface area contributed by atoms with E-state index in [1.165, 1.54) is 0 Å². The zero-order valence-corrected chi connectivity index (χ0v) is 9.61. The first-order valence-corrected chi connectivity index (χ1v) is 5.36. The monoisotopic (exact) mass is 215 g/mol. The Kier molecular flexibility index (Phi) is 5.01. The van der Waals surface area contributed by atoms with Crippen molar-refractivity contribution in [3.8, 4) is 0 Å². The predicted molar refractivity (Wildman–Crippen MR) is 58.5 cm³/mol. The minimum absolute atomic E-state index is 0.168. The molecule has 1 aliphatic rings. The van der Waals surface area contributed by atoms with Crippen molar-refractivity contribution in [3.63, 3.8) is 0 Å². The van der Waals surface area contributed by atoms with Crippen LogP contribution in [0.4, 0.5) is 0 Å². The second-order valence-corrected chi connectivity index (χ2v) is 4.04. The van der Waals surface area contributed by atoms with Crippen LogP contribution in [0.3, 0.4) is 0 Å². The maximum absolute atomic E-state index is 11.3. The molecule has 0 aliphatic carbocycles. The van der Waals surface area contributed by atoms with Gasteiger partial charge < -0.3 is 15.4 Å². The Morgan fingerprint density at radius 1 is 1.40 bits per heavy atom. The molecule has 0 unspecified atom stereocenters. The van der Waals surface area contributed by atoms with Crippen molar-refractivity contribution in [2.75, 3.05) is 46.9 Å². The molecule has 0 spiro atoms. The average molecular weight is 215 g/mol. The van der Waals surface area contributed by atoms with Crippen LogP contribution < -0.4 is 5.73 Å². The van der Waals surface area contributed by atoms with Crippen molar-refractivity contribution in [2.45, 2.75) is 12.5 Å². The van der Waals surface area contributed by atoms with E-state index in [9.17, 15) is 4.79 Å². The van der Waals surface area contributed by atoms with Crippen LogP contribution in [0.25, 0.3) is 0 Å². The highest BCUT2D eigenvalue weighted by atomic mass is 16.5. The summed E-state index contributed by atoms with van der Waals surface area (Å²) < 4.78 is 4.99. The number of methoxy groups -OCH3 is 1. The predicted octanol–water partition coefficient (Wildman–Crippen LogP) is -0.876. The summed E-state index contributed by atoms with van der Waals surface area (Å²) in [5.41, 5.74) is 5.39. The van der Waals surface area contributed by atoms with Crippen LogP contribution in [0.2, 0.25) is 0 Å². The first kappa shape index (κ1) is 12.4. The summed E-state index contributed by atoms with van der Waals surface area (Å²) in [6, 6.07) is -0.168. The summed E-state index contributed by atoms with van der Waals surface area (Å²) in [6.45, 7) is 4.40. The molecule has 0 aromatic heterocycles. The van der Waals surface area contributed by atoms with Crippen LogP contribution >= 0.6 is 0 Å². The highest BCUT2D eigenvalue weighted by Crippen LogP contribution is 2.08. The molecule has 1 saturated heterocycles. The van der Waals surface area contributed by atoms with E-state index in [-0.39, 0.29) is 11.9 Å². The maximum Gasteiger partial charge on any atom is 0.234 e. The van der Waals surface area contributed by atoms with E-state index >= 15 is 0 Å². The summed E-state index contributed by atoms with van der Waals surface area (Å²) in [5, 5.41) is 0. The van der Waals surface area contributed by atoms with Crippen LogP contribution in [0.1, 0.15) is 6.42 Å². The molecule has 15 heavy (non-hydrogen) atoms. The second-order valence-electron chi connectivity index (χ2n) is 4.04. The van der Waals surface area contributed by atoms with Gasteiger partial charge in [-0.3, -0.25) is 9.69 Å². The molecule has 0 aromatic carbocycles. The smallest absolute Gasteiger partial charge is 0.234 e. The van der Waals surface area contributed by atoms with Crippen molar-refractivity contribution >= 4 is 5.91 Å². The summed E-state index contributed by atoms with van der Waals surface area (Å²) in [5.74, 6) is -0.239. The van der Waals surface area contributed by atoms with E-state index in [2.05, 4.69) is 16.8 Å². The molecule has 0 radical (unpaired) electrons. The highest BCUT2D eigenvalue weighted by Gasteiger charge is 2.25. The lowest BCUT2D eigenvalue weighted by molar-refractivity contribution is -0.124. The van der Waals surface area contributed by atoms with Gasteiger partial charge in [0.15, 0.2) is 0 Å². The van der Waals surface area contributed by atoms with E-state index in [0.717, 1.165) is 26.2 Å². The lowest BCUT2D eigenvalue weighted by Gasteiger charge is -2.36. The molecule has 0 saturated carbocycles. The van der Waals surface area contributed by atoms with Crippen molar-refractivity contribution in [3.05, 3.63) is 0 Å². The number of ether oxygens (including phenoxy) is 1. The van der Waals surface area contributed by atoms with Crippen LogP contribution in [-0.4, -0.2) is 68.7 Å². The van der Waals surface area contributed by atoms with Gasteiger partial charge in [0.05, 0.1) is 6.04 Å². The first-order chi connectivity index (χ1) is 7.15. The standard InChI is InChI=1S/C10H21N3O2/c1-12-4-6-13(7-5-12)9(10(11)14)3-8-15-2/h9H,3-8H2,1-2H3,(H2,11,14)/t9-/m0/s1. The van der Waals surface area contributed by atoms with Crippen molar-refractivity contribution < 1.29 is 9.53 Å². The normalized spacial score (nSPS) is 21.5. The van der Waals surface area contributed by atoms with Gasteiger partial charge in [0.2, 0.25) is 5.91 Å². The third kappa shape index (κ3) is 3.77. The van der Waals surface area contributed by atoms with Crippen LogP contribution in [0.15, 0.2) is 0 Å². The number of carbonyl (C=O) groups is 1. The van der Waals surface area contributed by atoms with Gasteiger partial charge in [0.25, 0.3) is 0 Å². The fraction of sp³-hybridized carbons (Fsp3) is 0.900. The molecule has 0 bridgehead atoms. The number of carbonyl (C=O) groups excluding carboxylic acids is 1. The van der Waals surface area contributed by atoms with E-state index < -0.39 is 0 Å². The molecular weight excluding hydrogens is 194 g/mol. The van der Waals surface area contributed by atoms with E-state index in [1.54, 1.807) is 7.11 Å². The molecule has 1 fully saturated rings. The molecule has 2 N–H and O–H groups in total. The SMILES string of the molecule is COCC[C@@H](C(N)=O)N1CCN(C)CC1. The van der Waals surface area contributed by atoms with Gasteiger partial charge in [-0.2, -0.15) is 0 Å². The van der Waals surface area contributed by atoms with Gasteiger partial charge in [-0.05, 0) is 13.5 Å². The van der Waals surface area contributed by atoms with Gasteiger partial charge in [-0.15, -0.1) is 0 Å². The summed E-state index contributed by atoms with van der Waals surface area (Å²) in [6.07, 6.45) is 0.690. The maximum atomic E-state index is 11.3. The number of rotatable bonds is 5. The Bertz CT molecular complexity index is 203. The Balaban J connectivity index is 2.44. The Morgan fingerprint density at radius 2 is 2.00 bits per heavy atom. The molecule has 5 nitrogen and oxygen atoms in total. The molecule has 5 heteroatoms. The fourth-order valence-electron chi connectivity index (χ4n) is 1.87. The van der Waals surface area contributed by atoms with E-state index in [1.807, 2.05) is 0 Å². The number of nitrogens with two attached hydrogens (primary N) is 1. The van der Waals surface area contributed by atoms with E-state index in [0.29, 0.717) is 13.0 Å². The Hall–Kier alpha value is -0.650. The molecule has 0 aromatic rings. The number of hydrogen-bond donors (Lipinski definition) is 1. The number of nitrogens with zero attached hydrogens (tertiary/aromatic N) is 2. The van der Waals surface area contributed by atoms with Crippen molar-refractivity contribution in [2.24, 2.45) is 5.73 Å². The molecule has 1 rings (SSSR count). The van der Waals surface area contributed by atoms with E-state index in [4.69, 9.17) is 10.5 Å². The minimum Gasteiger partial charge on any atom is -0.385 e. The third-order valence-corrected chi connectivity index (χ3v) is 2.90. The summed E-state index contributed by atoms with van der Waals surface area (Å²) >= 11 is 0.